The Morgan fingerprint density at radius 2 is 1.06 bits per heavy atom. The molecule has 6 aromatic carbocycles. The van der Waals surface area contributed by atoms with Crippen LogP contribution in [-0.2, 0) is 27.1 Å². The normalized spacial score (nSPS) is 14.2. The first-order chi connectivity index (χ1) is 31.2. The standard InChI is InChI=1S/C61H62N4O/c1-57(2,3)40-27-28-62-56(36-40)65-54-24-18-17-23-52(54)61(50-21-15-13-19-48(50)49-20-14-16-22-51(49)61)53-26-25-46(38-55(53)65)66-47-35-43(60(10,11)12)34-45(37-47)64-30-29-63(39-64)44-32-41(58(4,5)6)31-42(33-44)59(7,8)9/h13-38H,1-12H3. The number of para-hydroxylation sites is 1. The fourth-order valence-electron chi connectivity index (χ4n) is 9.98. The summed E-state index contributed by atoms with van der Waals surface area (Å²) in [5.41, 5.74) is 16.0. The molecule has 10 rings (SSSR count). The molecule has 1 spiro atoms. The van der Waals surface area contributed by atoms with Gasteiger partial charge in [-0.25, -0.2) is 4.98 Å². The molecule has 0 bridgehead atoms. The quantitative estimate of drug-likeness (QED) is 0.128. The molecule has 5 heteroatoms. The average molecular weight is 867 g/mol. The van der Waals surface area contributed by atoms with Crippen molar-refractivity contribution in [1.29, 1.82) is 0 Å². The number of imidazole rings is 1. The van der Waals surface area contributed by atoms with Gasteiger partial charge in [0, 0.05) is 24.7 Å². The van der Waals surface area contributed by atoms with Gasteiger partial charge in [0.1, 0.15) is 17.3 Å². The van der Waals surface area contributed by atoms with E-state index in [2.05, 4.69) is 255 Å². The summed E-state index contributed by atoms with van der Waals surface area (Å²) in [5.74, 6) is 2.38. The summed E-state index contributed by atoms with van der Waals surface area (Å²) in [6.07, 6.45) is 9.82. The summed E-state index contributed by atoms with van der Waals surface area (Å²) in [4.78, 5) is 7.46. The molecule has 0 radical (unpaired) electrons. The van der Waals surface area contributed by atoms with Crippen LogP contribution in [-0.4, -0.2) is 9.55 Å². The number of anilines is 3. The first kappa shape index (κ1) is 43.2. The van der Waals surface area contributed by atoms with E-state index in [9.17, 15) is 0 Å². The van der Waals surface area contributed by atoms with Crippen molar-refractivity contribution in [3.8, 4) is 34.0 Å². The minimum Gasteiger partial charge on any atom is -0.458 e. The molecule has 2 aromatic heterocycles. The van der Waals surface area contributed by atoms with Crippen molar-refractivity contribution in [1.82, 2.24) is 9.55 Å². The lowest BCUT2D eigenvalue weighted by atomic mass is 9.64. The Morgan fingerprint density at radius 1 is 0.500 bits per heavy atom. The zero-order valence-electron chi connectivity index (χ0n) is 40.7. The molecule has 0 atom stereocenters. The van der Waals surface area contributed by atoms with Gasteiger partial charge < -0.3 is 4.74 Å². The third-order valence-electron chi connectivity index (χ3n) is 13.7. The summed E-state index contributed by atoms with van der Waals surface area (Å²) in [5, 5.41) is 0. The Balaban J connectivity index is 1.13. The topological polar surface area (TPSA) is 34.2 Å². The molecular weight excluding hydrogens is 805 g/mol. The van der Waals surface area contributed by atoms with E-state index >= 15 is 0 Å². The van der Waals surface area contributed by atoms with Gasteiger partial charge in [0.2, 0.25) is 0 Å². The number of hydrogen-bond donors (Lipinski definition) is 0. The molecule has 2 aliphatic rings. The Morgan fingerprint density at radius 3 is 1.68 bits per heavy atom. The van der Waals surface area contributed by atoms with Crippen LogP contribution in [0.4, 0.5) is 17.2 Å². The van der Waals surface area contributed by atoms with Crippen molar-refractivity contribution >= 4 is 17.2 Å². The van der Waals surface area contributed by atoms with E-state index in [1.54, 1.807) is 0 Å². The Bertz CT molecular complexity index is 3100. The number of fused-ring (bicyclic) bond motifs is 9. The summed E-state index contributed by atoms with van der Waals surface area (Å²) in [6.45, 7) is 27.2. The van der Waals surface area contributed by atoms with Gasteiger partial charge in [-0.05, 0) is 132 Å². The van der Waals surface area contributed by atoms with Crippen molar-refractivity contribution in [2.75, 3.05) is 4.90 Å². The Kier molecular flexibility index (Phi) is 9.93. The van der Waals surface area contributed by atoms with E-state index in [0.717, 1.165) is 40.1 Å². The van der Waals surface area contributed by atoms with Gasteiger partial charge in [-0.15, -0.1) is 0 Å². The van der Waals surface area contributed by atoms with Crippen molar-refractivity contribution < 1.29 is 9.30 Å². The van der Waals surface area contributed by atoms with Crippen LogP contribution in [0.2, 0.25) is 0 Å². The fourth-order valence-corrected chi connectivity index (χ4v) is 9.98. The van der Waals surface area contributed by atoms with E-state index in [1.807, 2.05) is 6.20 Å². The van der Waals surface area contributed by atoms with Gasteiger partial charge in [-0.2, -0.15) is 0 Å². The van der Waals surface area contributed by atoms with Crippen molar-refractivity contribution in [3.63, 3.8) is 0 Å². The van der Waals surface area contributed by atoms with Crippen molar-refractivity contribution in [3.05, 3.63) is 209 Å². The van der Waals surface area contributed by atoms with Gasteiger partial charge in [0.05, 0.1) is 28.2 Å². The highest BCUT2D eigenvalue weighted by atomic mass is 16.5. The Hall–Kier alpha value is -6.72. The van der Waals surface area contributed by atoms with Crippen LogP contribution in [0.15, 0.2) is 158 Å². The van der Waals surface area contributed by atoms with E-state index in [0.29, 0.717) is 0 Å². The summed E-state index contributed by atoms with van der Waals surface area (Å²) >= 11 is 0. The number of nitrogens with zero attached hydrogens (tertiary/aromatic N) is 4. The fraction of sp³-hybridized carbons (Fsp3) is 0.279. The predicted molar refractivity (Wildman–Crippen MR) is 271 cm³/mol. The molecular formula is C61H62N4O. The van der Waals surface area contributed by atoms with Gasteiger partial charge in [-0.3, -0.25) is 14.0 Å². The summed E-state index contributed by atoms with van der Waals surface area (Å²) in [6, 6.07) is 51.4. The zero-order chi connectivity index (χ0) is 46.6. The van der Waals surface area contributed by atoms with Gasteiger partial charge in [-0.1, -0.05) is 162 Å². The van der Waals surface area contributed by atoms with Gasteiger partial charge in [0.25, 0.3) is 6.33 Å². The molecule has 3 heterocycles. The van der Waals surface area contributed by atoms with Crippen LogP contribution in [0.5, 0.6) is 11.5 Å². The number of aromatic nitrogens is 3. The minimum absolute atomic E-state index is 0.00313. The molecule has 0 unspecified atom stereocenters. The maximum Gasteiger partial charge on any atom is 0.268 e. The van der Waals surface area contributed by atoms with Crippen molar-refractivity contribution in [2.24, 2.45) is 0 Å². The highest BCUT2D eigenvalue weighted by molar-refractivity contribution is 5.95. The maximum atomic E-state index is 7.10. The molecule has 1 aliphatic heterocycles. The average Bonchev–Trinajstić information content (AvgIpc) is 3.88. The van der Waals surface area contributed by atoms with Crippen LogP contribution in [0.3, 0.4) is 0 Å². The van der Waals surface area contributed by atoms with Crippen LogP contribution >= 0.6 is 0 Å². The highest BCUT2D eigenvalue weighted by Gasteiger charge is 2.52. The van der Waals surface area contributed by atoms with Gasteiger partial charge in [0.15, 0.2) is 0 Å². The number of pyridine rings is 1. The minimum atomic E-state index is -0.561. The third kappa shape index (κ3) is 7.24. The van der Waals surface area contributed by atoms with Crippen LogP contribution < -0.4 is 14.2 Å². The Labute approximate surface area is 392 Å². The monoisotopic (exact) mass is 866 g/mol. The second kappa shape index (κ2) is 15.2. The third-order valence-corrected chi connectivity index (χ3v) is 13.7. The summed E-state index contributed by atoms with van der Waals surface area (Å²) in [7, 11) is 0. The molecule has 1 aliphatic carbocycles. The maximum absolute atomic E-state index is 7.10. The zero-order valence-corrected chi connectivity index (χ0v) is 40.7. The van der Waals surface area contributed by atoms with Crippen molar-refractivity contribution in [2.45, 2.75) is 110 Å². The lowest BCUT2D eigenvalue weighted by molar-refractivity contribution is -0.599. The molecule has 0 amide bonds. The number of hydrogen-bond acceptors (Lipinski definition) is 3. The molecule has 5 nitrogen and oxygen atoms in total. The first-order valence-corrected chi connectivity index (χ1v) is 23.4. The second-order valence-corrected chi connectivity index (χ2v) is 22.5. The smallest absolute Gasteiger partial charge is 0.268 e. The van der Waals surface area contributed by atoms with E-state index in [-0.39, 0.29) is 21.7 Å². The van der Waals surface area contributed by atoms with Gasteiger partial charge >= 0.3 is 0 Å². The molecule has 0 saturated carbocycles. The lowest BCUT2D eigenvalue weighted by Crippen LogP contribution is -2.36. The van der Waals surface area contributed by atoms with Crippen LogP contribution in [0.1, 0.15) is 128 Å². The van der Waals surface area contributed by atoms with E-state index in [1.165, 1.54) is 55.6 Å². The summed E-state index contributed by atoms with van der Waals surface area (Å²) < 4.78 is 11.3. The SMILES string of the molecule is CC(C)(C)c1cc(Oc2ccc3c(c2)N(c2cc(C(C)(C)C)ccn2)c2ccccc2C32c3ccccc3-c3ccccc32)cc(-n2[c-][n+](-c3cc(C(C)(C)C)cc(C(C)(C)C)c3)cc2)c1. The molecule has 0 saturated heterocycles. The number of benzene rings is 6. The highest BCUT2D eigenvalue weighted by Crippen LogP contribution is 2.63. The molecule has 332 valence electrons. The predicted octanol–water partition coefficient (Wildman–Crippen LogP) is 15.1. The van der Waals surface area contributed by atoms with Crippen LogP contribution in [0, 0.1) is 6.33 Å². The van der Waals surface area contributed by atoms with E-state index in [4.69, 9.17) is 9.72 Å². The van der Waals surface area contributed by atoms with Crippen LogP contribution in [0.25, 0.3) is 22.5 Å². The van der Waals surface area contributed by atoms with E-state index < -0.39 is 5.41 Å². The molecule has 0 fully saturated rings. The molecule has 66 heavy (non-hydrogen) atoms. The molecule has 0 N–H and O–H groups in total. The number of ether oxygens (including phenoxy) is 1. The number of rotatable bonds is 5. The second-order valence-electron chi connectivity index (χ2n) is 22.5. The largest absolute Gasteiger partial charge is 0.458 e. The first-order valence-electron chi connectivity index (χ1n) is 23.4. The molecule has 8 aromatic rings. The lowest BCUT2D eigenvalue weighted by Gasteiger charge is -2.44.